The van der Waals surface area contributed by atoms with E-state index in [1.165, 1.54) is 6.92 Å². The first-order chi connectivity index (χ1) is 14.5. The summed E-state index contributed by atoms with van der Waals surface area (Å²) >= 11 is 0. The maximum Gasteiger partial charge on any atom is 0.303 e. The minimum absolute atomic E-state index is 0.174. The topological polar surface area (TPSA) is 104 Å². The third kappa shape index (κ3) is 5.48. The lowest BCUT2D eigenvalue weighted by atomic mass is 9.98. The average molecular weight is 418 g/mol. The predicted molar refractivity (Wildman–Crippen MR) is 106 cm³/mol. The molecule has 0 amide bonds. The number of rotatable bonds is 8. The van der Waals surface area contributed by atoms with Crippen molar-refractivity contribution in [1.29, 1.82) is 0 Å². The van der Waals surface area contributed by atoms with Gasteiger partial charge < -0.3 is 33.9 Å². The number of hydrogen-bond acceptors (Lipinski definition) is 8. The van der Waals surface area contributed by atoms with Crippen LogP contribution >= 0.6 is 0 Å². The molecule has 162 valence electrons. The Morgan fingerprint density at radius 2 is 1.70 bits per heavy atom. The summed E-state index contributed by atoms with van der Waals surface area (Å²) < 4.78 is 28.0. The van der Waals surface area contributed by atoms with E-state index in [0.717, 1.165) is 5.56 Å². The van der Waals surface area contributed by atoms with Crippen LogP contribution in [-0.4, -0.2) is 60.6 Å². The molecule has 0 saturated carbocycles. The van der Waals surface area contributed by atoms with Gasteiger partial charge in [0.2, 0.25) is 6.29 Å². The van der Waals surface area contributed by atoms with E-state index in [2.05, 4.69) is 0 Å². The average Bonchev–Trinajstić information content (AvgIpc) is 2.76. The van der Waals surface area contributed by atoms with E-state index in [4.69, 9.17) is 23.7 Å². The fraction of sp³-hybridized carbons (Fsp3) is 0.409. The summed E-state index contributed by atoms with van der Waals surface area (Å²) in [5, 5.41) is 20.3. The Labute approximate surface area is 174 Å². The maximum absolute atomic E-state index is 11.7. The van der Waals surface area contributed by atoms with E-state index >= 15 is 0 Å². The highest BCUT2D eigenvalue weighted by Crippen LogP contribution is 2.29. The van der Waals surface area contributed by atoms with Gasteiger partial charge in [0.15, 0.2) is 6.10 Å². The van der Waals surface area contributed by atoms with E-state index in [9.17, 15) is 15.0 Å². The fourth-order valence-corrected chi connectivity index (χ4v) is 3.20. The molecule has 1 saturated heterocycles. The molecule has 1 fully saturated rings. The largest absolute Gasteiger partial charge is 0.497 e. The van der Waals surface area contributed by atoms with Crippen LogP contribution in [0.2, 0.25) is 0 Å². The van der Waals surface area contributed by atoms with Crippen molar-refractivity contribution < 1.29 is 38.7 Å². The summed E-state index contributed by atoms with van der Waals surface area (Å²) in [6.07, 6.45) is -5.31. The minimum Gasteiger partial charge on any atom is -0.497 e. The highest BCUT2D eigenvalue weighted by Gasteiger charge is 2.49. The molecule has 1 heterocycles. The van der Waals surface area contributed by atoms with Gasteiger partial charge >= 0.3 is 5.97 Å². The van der Waals surface area contributed by atoms with Gasteiger partial charge in [-0.15, -0.1) is 0 Å². The molecule has 3 rings (SSSR count). The van der Waals surface area contributed by atoms with Crippen LogP contribution in [0.3, 0.4) is 0 Å². The molecule has 8 nitrogen and oxygen atoms in total. The highest BCUT2D eigenvalue weighted by molar-refractivity contribution is 5.66. The molecule has 2 N–H and O–H groups in total. The molecule has 30 heavy (non-hydrogen) atoms. The second kappa shape index (κ2) is 10.4. The number of ether oxygens (including phenoxy) is 5. The zero-order valence-electron chi connectivity index (χ0n) is 16.8. The Morgan fingerprint density at radius 1 is 1.03 bits per heavy atom. The maximum atomic E-state index is 11.7. The van der Waals surface area contributed by atoms with Gasteiger partial charge in [-0.2, -0.15) is 0 Å². The normalized spacial score (nSPS) is 26.1. The number of aliphatic hydroxyl groups is 2. The summed E-state index contributed by atoms with van der Waals surface area (Å²) in [6.45, 7) is 0.971. The van der Waals surface area contributed by atoms with Crippen LogP contribution in [-0.2, 0) is 25.6 Å². The molecule has 2 aromatic carbocycles. The van der Waals surface area contributed by atoms with Gasteiger partial charge in [0.05, 0.1) is 20.3 Å². The van der Waals surface area contributed by atoms with Crippen LogP contribution < -0.4 is 9.47 Å². The third-order valence-corrected chi connectivity index (χ3v) is 4.70. The van der Waals surface area contributed by atoms with Crippen molar-refractivity contribution >= 4 is 5.97 Å². The molecule has 0 spiro atoms. The van der Waals surface area contributed by atoms with Gasteiger partial charge in [0.1, 0.15) is 29.8 Å². The van der Waals surface area contributed by atoms with E-state index < -0.39 is 43.3 Å². The van der Waals surface area contributed by atoms with Crippen molar-refractivity contribution in [3.63, 3.8) is 0 Å². The Morgan fingerprint density at radius 3 is 2.30 bits per heavy atom. The first-order valence-electron chi connectivity index (χ1n) is 9.59. The minimum atomic E-state index is -1.22. The molecule has 0 aromatic heterocycles. The Balaban J connectivity index is 1.81. The molecule has 0 unspecified atom stereocenters. The molecular formula is C22H26O8. The van der Waals surface area contributed by atoms with Gasteiger partial charge in [-0.1, -0.05) is 30.3 Å². The van der Waals surface area contributed by atoms with Crippen molar-refractivity contribution in [3.8, 4) is 11.5 Å². The summed E-state index contributed by atoms with van der Waals surface area (Å²) in [4.78, 5) is 11.7. The number of benzene rings is 2. The van der Waals surface area contributed by atoms with E-state index in [1.807, 2.05) is 30.3 Å². The molecule has 1 aliphatic heterocycles. The van der Waals surface area contributed by atoms with Gasteiger partial charge in [-0.3, -0.25) is 4.79 Å². The van der Waals surface area contributed by atoms with E-state index in [-0.39, 0.29) is 6.61 Å². The SMILES string of the molecule is COc1ccc(O[C@H]2O[C@H](CO)[C@@H](O)[C@H](OCc3ccccc3)[C@@H]2OC(C)=O)cc1. The quantitative estimate of drug-likeness (QED) is 0.624. The zero-order chi connectivity index (χ0) is 21.5. The first-order valence-corrected chi connectivity index (χ1v) is 9.59. The van der Waals surface area contributed by atoms with Crippen LogP contribution in [0.1, 0.15) is 12.5 Å². The summed E-state index contributed by atoms with van der Waals surface area (Å²) in [5.74, 6) is 0.513. The summed E-state index contributed by atoms with van der Waals surface area (Å²) in [6, 6.07) is 16.1. The Hall–Kier alpha value is -2.65. The number of carbonyl (C=O) groups excluding carboxylic acids is 1. The van der Waals surface area contributed by atoms with Crippen molar-refractivity contribution in [2.75, 3.05) is 13.7 Å². The van der Waals surface area contributed by atoms with Gasteiger partial charge in [0.25, 0.3) is 0 Å². The number of aliphatic hydroxyl groups excluding tert-OH is 2. The molecule has 0 aliphatic carbocycles. The first kappa shape index (κ1) is 22.0. The second-order valence-electron chi connectivity index (χ2n) is 6.84. The lowest BCUT2D eigenvalue weighted by Gasteiger charge is -2.43. The standard InChI is InChI=1S/C22H26O8/c1-14(24)28-21-20(27-13-15-6-4-3-5-7-15)19(25)18(12-23)30-22(21)29-17-10-8-16(26-2)9-11-17/h3-11,18-23,25H,12-13H2,1-2H3/t18-,19-,20+,21+,22+/m1/s1. The molecular weight excluding hydrogens is 392 g/mol. The molecule has 0 radical (unpaired) electrons. The number of hydrogen-bond donors (Lipinski definition) is 2. The van der Waals surface area contributed by atoms with Crippen LogP contribution in [0.4, 0.5) is 0 Å². The van der Waals surface area contributed by atoms with Crippen molar-refractivity contribution in [1.82, 2.24) is 0 Å². The fourth-order valence-electron chi connectivity index (χ4n) is 3.20. The Kier molecular flexibility index (Phi) is 7.64. The summed E-state index contributed by atoms with van der Waals surface area (Å²) in [5.41, 5.74) is 0.880. The van der Waals surface area contributed by atoms with Crippen molar-refractivity contribution in [2.24, 2.45) is 0 Å². The van der Waals surface area contributed by atoms with Crippen LogP contribution in [0.15, 0.2) is 54.6 Å². The molecule has 5 atom stereocenters. The van der Waals surface area contributed by atoms with Crippen LogP contribution in [0.5, 0.6) is 11.5 Å². The zero-order valence-corrected chi connectivity index (χ0v) is 16.8. The number of esters is 1. The predicted octanol–water partition coefficient (Wildman–Crippen LogP) is 1.67. The van der Waals surface area contributed by atoms with Gasteiger partial charge in [-0.05, 0) is 29.8 Å². The Bertz CT molecular complexity index is 795. The van der Waals surface area contributed by atoms with Crippen molar-refractivity contribution in [3.05, 3.63) is 60.2 Å². The number of methoxy groups -OCH3 is 1. The molecule has 0 bridgehead atoms. The van der Waals surface area contributed by atoms with E-state index in [0.29, 0.717) is 11.5 Å². The van der Waals surface area contributed by atoms with Gasteiger partial charge in [0, 0.05) is 6.92 Å². The molecule has 8 heteroatoms. The van der Waals surface area contributed by atoms with Crippen molar-refractivity contribution in [2.45, 2.75) is 44.2 Å². The smallest absolute Gasteiger partial charge is 0.303 e. The third-order valence-electron chi connectivity index (χ3n) is 4.70. The molecule has 1 aliphatic rings. The highest BCUT2D eigenvalue weighted by atomic mass is 16.7. The lowest BCUT2D eigenvalue weighted by Crippen LogP contribution is -2.62. The monoisotopic (exact) mass is 418 g/mol. The second-order valence-corrected chi connectivity index (χ2v) is 6.84. The molecule has 2 aromatic rings. The van der Waals surface area contributed by atoms with E-state index in [1.54, 1.807) is 31.4 Å². The van der Waals surface area contributed by atoms with Crippen LogP contribution in [0.25, 0.3) is 0 Å². The van der Waals surface area contributed by atoms with Gasteiger partial charge in [-0.25, -0.2) is 0 Å². The van der Waals surface area contributed by atoms with Crippen LogP contribution in [0, 0.1) is 0 Å². The summed E-state index contributed by atoms with van der Waals surface area (Å²) in [7, 11) is 1.55. The number of carbonyl (C=O) groups is 1. The lowest BCUT2D eigenvalue weighted by molar-refractivity contribution is -0.291.